The first-order chi connectivity index (χ1) is 8.40. The van der Waals surface area contributed by atoms with Crippen LogP contribution >= 0.6 is 0 Å². The number of hydrogen-bond acceptors (Lipinski definition) is 2. The fourth-order valence-electron chi connectivity index (χ4n) is 1.72. The van der Waals surface area contributed by atoms with E-state index in [9.17, 15) is 13.2 Å². The Labute approximate surface area is 105 Å². The van der Waals surface area contributed by atoms with E-state index in [1.807, 2.05) is 44.2 Å². The standard InChI is InChI=1S/C13H18F3NO/c1-10(2)12(11-6-4-3-5-7-11)8-17-18-9-13(14,15)16/h3-7,10,12,17H,8-9H2,1-2H3. The lowest BCUT2D eigenvalue weighted by Crippen LogP contribution is -2.29. The van der Waals surface area contributed by atoms with Gasteiger partial charge in [-0.1, -0.05) is 44.2 Å². The number of hydrogen-bond donors (Lipinski definition) is 1. The third kappa shape index (κ3) is 5.51. The first kappa shape index (κ1) is 15.0. The highest BCUT2D eigenvalue weighted by Gasteiger charge is 2.28. The lowest BCUT2D eigenvalue weighted by atomic mass is 9.89. The predicted octanol–water partition coefficient (Wildman–Crippen LogP) is 3.51. The lowest BCUT2D eigenvalue weighted by molar-refractivity contribution is -0.189. The van der Waals surface area contributed by atoms with Crippen molar-refractivity contribution in [1.29, 1.82) is 0 Å². The maximum absolute atomic E-state index is 11.9. The normalized spacial score (nSPS) is 13.9. The SMILES string of the molecule is CC(C)C(CNOCC(F)(F)F)c1ccccc1. The summed E-state index contributed by atoms with van der Waals surface area (Å²) in [6.07, 6.45) is -4.30. The molecule has 1 atom stereocenters. The van der Waals surface area contributed by atoms with Crippen molar-refractivity contribution < 1.29 is 18.0 Å². The van der Waals surface area contributed by atoms with E-state index in [1.165, 1.54) is 0 Å². The minimum atomic E-state index is -4.30. The second-order valence-electron chi connectivity index (χ2n) is 4.51. The molecule has 5 heteroatoms. The number of alkyl halides is 3. The number of nitrogens with one attached hydrogen (secondary N) is 1. The molecule has 1 unspecified atom stereocenters. The molecule has 0 saturated carbocycles. The molecule has 0 bridgehead atoms. The van der Waals surface area contributed by atoms with Crippen molar-refractivity contribution in [3.63, 3.8) is 0 Å². The average molecular weight is 261 g/mol. The topological polar surface area (TPSA) is 21.3 Å². The minimum absolute atomic E-state index is 0.124. The summed E-state index contributed by atoms with van der Waals surface area (Å²) in [6.45, 7) is 3.15. The van der Waals surface area contributed by atoms with Crippen molar-refractivity contribution in [1.82, 2.24) is 5.48 Å². The summed E-state index contributed by atoms with van der Waals surface area (Å²) in [4.78, 5) is 4.43. The van der Waals surface area contributed by atoms with Crippen molar-refractivity contribution in [2.45, 2.75) is 25.9 Å². The first-order valence-corrected chi connectivity index (χ1v) is 5.86. The highest BCUT2D eigenvalue weighted by atomic mass is 19.4. The molecule has 1 rings (SSSR count). The summed E-state index contributed by atoms with van der Waals surface area (Å²) in [6, 6.07) is 9.68. The lowest BCUT2D eigenvalue weighted by Gasteiger charge is -2.21. The van der Waals surface area contributed by atoms with Crippen LogP contribution in [0.5, 0.6) is 0 Å². The van der Waals surface area contributed by atoms with Gasteiger partial charge in [0.25, 0.3) is 0 Å². The Morgan fingerprint density at radius 3 is 2.28 bits per heavy atom. The van der Waals surface area contributed by atoms with Gasteiger partial charge >= 0.3 is 6.18 Å². The van der Waals surface area contributed by atoms with E-state index in [0.717, 1.165) is 5.56 Å². The molecule has 0 saturated heterocycles. The summed E-state index contributed by atoms with van der Waals surface area (Å²) >= 11 is 0. The summed E-state index contributed by atoms with van der Waals surface area (Å²) in [5.41, 5.74) is 3.50. The van der Waals surface area contributed by atoms with Crippen molar-refractivity contribution in [3.05, 3.63) is 35.9 Å². The van der Waals surface area contributed by atoms with Crippen LogP contribution in [0.3, 0.4) is 0 Å². The molecule has 0 radical (unpaired) electrons. The zero-order valence-corrected chi connectivity index (χ0v) is 10.5. The molecule has 0 heterocycles. The van der Waals surface area contributed by atoms with Gasteiger partial charge in [0.05, 0.1) is 0 Å². The van der Waals surface area contributed by atoms with E-state index in [2.05, 4.69) is 10.3 Å². The summed E-state index contributed by atoms with van der Waals surface area (Å²) in [5.74, 6) is 0.439. The molecule has 0 aliphatic carbocycles. The number of hydroxylamine groups is 1. The van der Waals surface area contributed by atoms with Gasteiger partial charge in [-0.05, 0) is 11.5 Å². The fourth-order valence-corrected chi connectivity index (χ4v) is 1.72. The molecule has 0 aliphatic heterocycles. The smallest absolute Gasteiger partial charge is 0.292 e. The number of rotatable bonds is 6. The fraction of sp³-hybridized carbons (Fsp3) is 0.538. The molecule has 1 aromatic rings. The predicted molar refractivity (Wildman–Crippen MR) is 64.0 cm³/mol. The van der Waals surface area contributed by atoms with E-state index in [1.54, 1.807) is 0 Å². The Hall–Kier alpha value is -1.07. The molecule has 0 aliphatic rings. The highest BCUT2D eigenvalue weighted by Crippen LogP contribution is 2.23. The molecule has 1 N–H and O–H groups in total. The van der Waals surface area contributed by atoms with Crippen LogP contribution in [0.4, 0.5) is 13.2 Å². The van der Waals surface area contributed by atoms with Crippen LogP contribution in [-0.2, 0) is 4.84 Å². The summed E-state index contributed by atoms with van der Waals surface area (Å²) in [5, 5.41) is 0. The van der Waals surface area contributed by atoms with Crippen LogP contribution in [0, 0.1) is 5.92 Å². The Morgan fingerprint density at radius 1 is 1.17 bits per heavy atom. The van der Waals surface area contributed by atoms with Crippen molar-refractivity contribution in [2.24, 2.45) is 5.92 Å². The zero-order valence-electron chi connectivity index (χ0n) is 10.5. The molecule has 18 heavy (non-hydrogen) atoms. The highest BCUT2D eigenvalue weighted by molar-refractivity contribution is 5.20. The van der Waals surface area contributed by atoms with Crippen molar-refractivity contribution >= 4 is 0 Å². The second-order valence-corrected chi connectivity index (χ2v) is 4.51. The third-order valence-electron chi connectivity index (χ3n) is 2.67. The average Bonchev–Trinajstić information content (AvgIpc) is 2.28. The molecule has 0 aromatic heterocycles. The Morgan fingerprint density at radius 2 is 1.78 bits per heavy atom. The van der Waals surface area contributed by atoms with Crippen LogP contribution in [0.2, 0.25) is 0 Å². The molecule has 0 amide bonds. The van der Waals surface area contributed by atoms with Crippen LogP contribution in [0.25, 0.3) is 0 Å². The summed E-state index contributed by atoms with van der Waals surface area (Å²) in [7, 11) is 0. The van der Waals surface area contributed by atoms with Gasteiger partial charge in [0.15, 0.2) is 6.61 Å². The quantitative estimate of drug-likeness (QED) is 0.625. The largest absolute Gasteiger partial charge is 0.413 e. The Balaban J connectivity index is 2.45. The monoisotopic (exact) mass is 261 g/mol. The van der Waals surface area contributed by atoms with Gasteiger partial charge in [-0.25, -0.2) is 5.48 Å². The van der Waals surface area contributed by atoms with Gasteiger partial charge < -0.3 is 0 Å². The molecule has 1 aromatic carbocycles. The molecular formula is C13H18F3NO. The van der Waals surface area contributed by atoms with Crippen LogP contribution in [0.1, 0.15) is 25.3 Å². The molecule has 0 spiro atoms. The maximum Gasteiger partial charge on any atom is 0.413 e. The molecule has 2 nitrogen and oxygen atoms in total. The van der Waals surface area contributed by atoms with Crippen LogP contribution in [0.15, 0.2) is 30.3 Å². The van der Waals surface area contributed by atoms with Gasteiger partial charge in [0, 0.05) is 12.5 Å². The van der Waals surface area contributed by atoms with Crippen molar-refractivity contribution in [2.75, 3.05) is 13.2 Å². The summed E-state index contributed by atoms with van der Waals surface area (Å²) < 4.78 is 35.7. The third-order valence-corrected chi connectivity index (χ3v) is 2.67. The molecule has 0 fully saturated rings. The van der Waals surface area contributed by atoms with E-state index < -0.39 is 12.8 Å². The van der Waals surface area contributed by atoms with Gasteiger partial charge in [0.1, 0.15) is 0 Å². The van der Waals surface area contributed by atoms with Crippen molar-refractivity contribution in [3.8, 4) is 0 Å². The van der Waals surface area contributed by atoms with Gasteiger partial charge in [0.2, 0.25) is 0 Å². The zero-order chi connectivity index (χ0) is 13.6. The molecule has 102 valence electrons. The van der Waals surface area contributed by atoms with Gasteiger partial charge in [-0.15, -0.1) is 0 Å². The van der Waals surface area contributed by atoms with E-state index in [-0.39, 0.29) is 5.92 Å². The van der Waals surface area contributed by atoms with Crippen LogP contribution in [-0.4, -0.2) is 19.3 Å². The Kier molecular flexibility index (Phi) is 5.62. The minimum Gasteiger partial charge on any atom is -0.292 e. The van der Waals surface area contributed by atoms with E-state index in [4.69, 9.17) is 0 Å². The Bertz CT molecular complexity index is 338. The van der Waals surface area contributed by atoms with E-state index >= 15 is 0 Å². The second kappa shape index (κ2) is 6.75. The van der Waals surface area contributed by atoms with Crippen LogP contribution < -0.4 is 5.48 Å². The number of benzene rings is 1. The van der Waals surface area contributed by atoms with Gasteiger partial charge in [-0.3, -0.25) is 4.84 Å². The number of halogens is 3. The first-order valence-electron chi connectivity index (χ1n) is 5.86. The molecular weight excluding hydrogens is 243 g/mol. The van der Waals surface area contributed by atoms with Gasteiger partial charge in [-0.2, -0.15) is 13.2 Å². The van der Waals surface area contributed by atoms with E-state index in [0.29, 0.717) is 12.5 Å². The maximum atomic E-state index is 11.9.